The van der Waals surface area contributed by atoms with E-state index in [0.717, 1.165) is 36.6 Å². The van der Waals surface area contributed by atoms with E-state index in [1.54, 1.807) is 0 Å². The minimum Gasteiger partial charge on any atom is -0.461 e. The Morgan fingerprint density at radius 2 is 1.80 bits per heavy atom. The van der Waals surface area contributed by atoms with Crippen LogP contribution in [0.4, 0.5) is 11.5 Å². The van der Waals surface area contributed by atoms with E-state index in [-0.39, 0.29) is 18.1 Å². The SMILES string of the molecule is CCc1cccc2cccc(N3CCc4c(nc(OCC56CCCN5CCC6)nc4N4Cc5ccnn5CC(CO)C4)C3)c12. The Morgan fingerprint density at radius 3 is 2.61 bits per heavy atom. The van der Waals surface area contributed by atoms with Crippen LogP contribution in [0.2, 0.25) is 0 Å². The molecule has 4 aliphatic rings. The summed E-state index contributed by atoms with van der Waals surface area (Å²) in [5.41, 5.74) is 6.18. The van der Waals surface area contributed by atoms with Gasteiger partial charge in [0.25, 0.3) is 0 Å². The lowest BCUT2D eigenvalue weighted by atomic mass is 9.95. The first-order valence-electron chi connectivity index (χ1n) is 16.5. The number of anilines is 2. The molecule has 44 heavy (non-hydrogen) atoms. The quantitative estimate of drug-likeness (QED) is 0.333. The molecule has 2 saturated heterocycles. The number of aromatic nitrogens is 4. The van der Waals surface area contributed by atoms with Crippen molar-refractivity contribution in [1.29, 1.82) is 0 Å². The number of rotatable bonds is 7. The van der Waals surface area contributed by atoms with Crippen LogP contribution in [-0.4, -0.2) is 74.7 Å². The summed E-state index contributed by atoms with van der Waals surface area (Å²) in [4.78, 5) is 17.8. The molecule has 0 amide bonds. The number of nitrogens with zero attached hydrogens (tertiary/aromatic N) is 7. The van der Waals surface area contributed by atoms with Crippen molar-refractivity contribution < 1.29 is 9.84 Å². The van der Waals surface area contributed by atoms with E-state index in [9.17, 15) is 5.11 Å². The van der Waals surface area contributed by atoms with Crippen LogP contribution >= 0.6 is 0 Å². The summed E-state index contributed by atoms with van der Waals surface area (Å²) in [6.07, 6.45) is 8.57. The number of aliphatic hydroxyl groups is 1. The molecule has 0 radical (unpaired) electrons. The van der Waals surface area contributed by atoms with Gasteiger partial charge in [0.05, 0.1) is 30.0 Å². The first-order chi connectivity index (χ1) is 21.6. The molecule has 0 aliphatic carbocycles. The zero-order chi connectivity index (χ0) is 29.7. The van der Waals surface area contributed by atoms with E-state index >= 15 is 0 Å². The molecule has 2 fully saturated rings. The molecule has 4 aliphatic heterocycles. The van der Waals surface area contributed by atoms with Crippen LogP contribution in [0.5, 0.6) is 6.01 Å². The zero-order valence-electron chi connectivity index (χ0n) is 25.8. The summed E-state index contributed by atoms with van der Waals surface area (Å²) in [6.45, 7) is 9.06. The highest BCUT2D eigenvalue weighted by Gasteiger charge is 2.45. The molecule has 9 nitrogen and oxygen atoms in total. The second-order valence-corrected chi connectivity index (χ2v) is 13.2. The summed E-state index contributed by atoms with van der Waals surface area (Å²) in [6, 6.07) is 15.9. The van der Waals surface area contributed by atoms with Crippen molar-refractivity contribution >= 4 is 22.3 Å². The highest BCUT2D eigenvalue weighted by molar-refractivity contribution is 5.97. The van der Waals surface area contributed by atoms with Gasteiger partial charge in [-0.2, -0.15) is 15.1 Å². The molecular formula is C35H43N7O2. The van der Waals surface area contributed by atoms with Crippen LogP contribution in [0.3, 0.4) is 0 Å². The average Bonchev–Trinajstić information content (AvgIpc) is 3.75. The lowest BCUT2D eigenvalue weighted by Gasteiger charge is -2.35. The smallest absolute Gasteiger partial charge is 0.318 e. The van der Waals surface area contributed by atoms with Gasteiger partial charge in [-0.25, -0.2) is 0 Å². The van der Waals surface area contributed by atoms with E-state index in [4.69, 9.17) is 14.7 Å². The number of fused-ring (bicyclic) bond motifs is 4. The van der Waals surface area contributed by atoms with Crippen molar-refractivity contribution in [2.75, 3.05) is 49.2 Å². The minimum atomic E-state index is 0.0683. The normalized spacial score (nSPS) is 21.3. The molecule has 9 heteroatoms. The van der Waals surface area contributed by atoms with Gasteiger partial charge in [0.15, 0.2) is 0 Å². The topological polar surface area (TPSA) is 82.8 Å². The Bertz CT molecular complexity index is 1650. The Kier molecular flexibility index (Phi) is 7.18. The fraction of sp³-hybridized carbons (Fsp3) is 0.514. The molecule has 4 aromatic rings. The largest absolute Gasteiger partial charge is 0.461 e. The summed E-state index contributed by atoms with van der Waals surface area (Å²) < 4.78 is 8.64. The molecule has 0 spiro atoms. The van der Waals surface area contributed by atoms with Gasteiger partial charge in [-0.3, -0.25) is 9.58 Å². The predicted octanol–water partition coefficient (Wildman–Crippen LogP) is 4.59. The Hall–Kier alpha value is -3.69. The number of hydrogen-bond acceptors (Lipinski definition) is 8. The Balaban J connectivity index is 1.18. The van der Waals surface area contributed by atoms with Gasteiger partial charge >= 0.3 is 6.01 Å². The van der Waals surface area contributed by atoms with E-state index in [1.165, 1.54) is 66.4 Å². The lowest BCUT2D eigenvalue weighted by molar-refractivity contribution is 0.107. The molecule has 1 N–H and O–H groups in total. The third-order valence-corrected chi connectivity index (χ3v) is 10.6. The molecule has 6 heterocycles. The Morgan fingerprint density at radius 1 is 0.955 bits per heavy atom. The maximum absolute atomic E-state index is 10.3. The maximum atomic E-state index is 10.3. The second kappa shape index (κ2) is 11.3. The number of aliphatic hydroxyl groups excluding tert-OH is 1. The molecular weight excluding hydrogens is 550 g/mol. The molecule has 0 bridgehead atoms. The van der Waals surface area contributed by atoms with Gasteiger partial charge in [0.2, 0.25) is 0 Å². The molecule has 0 saturated carbocycles. The minimum absolute atomic E-state index is 0.0683. The molecule has 8 rings (SSSR count). The van der Waals surface area contributed by atoms with E-state index in [1.807, 2.05) is 10.9 Å². The summed E-state index contributed by atoms with van der Waals surface area (Å²) in [5.74, 6) is 1.02. The zero-order valence-corrected chi connectivity index (χ0v) is 25.8. The molecule has 2 aromatic heterocycles. The van der Waals surface area contributed by atoms with E-state index in [2.05, 4.69) is 69.2 Å². The van der Waals surface area contributed by atoms with Crippen LogP contribution < -0.4 is 14.5 Å². The van der Waals surface area contributed by atoms with Crippen molar-refractivity contribution in [3.8, 4) is 6.01 Å². The number of aryl methyl sites for hydroxylation is 1. The molecule has 1 unspecified atom stereocenters. The molecule has 2 aromatic carbocycles. The highest BCUT2D eigenvalue weighted by atomic mass is 16.5. The van der Waals surface area contributed by atoms with Crippen LogP contribution in [0, 0.1) is 5.92 Å². The van der Waals surface area contributed by atoms with Gasteiger partial charge in [-0.05, 0) is 74.7 Å². The van der Waals surface area contributed by atoms with Crippen molar-refractivity contribution in [1.82, 2.24) is 24.6 Å². The van der Waals surface area contributed by atoms with Gasteiger partial charge < -0.3 is 19.6 Å². The van der Waals surface area contributed by atoms with Crippen LogP contribution in [0.15, 0.2) is 48.7 Å². The monoisotopic (exact) mass is 593 g/mol. The average molecular weight is 594 g/mol. The van der Waals surface area contributed by atoms with Gasteiger partial charge in [0.1, 0.15) is 12.4 Å². The van der Waals surface area contributed by atoms with E-state index in [0.29, 0.717) is 38.8 Å². The number of benzene rings is 2. The summed E-state index contributed by atoms with van der Waals surface area (Å²) in [7, 11) is 0. The number of ether oxygens (including phenoxy) is 1. The van der Waals surface area contributed by atoms with Crippen LogP contribution in [0.25, 0.3) is 10.8 Å². The summed E-state index contributed by atoms with van der Waals surface area (Å²) in [5, 5.41) is 17.5. The van der Waals surface area contributed by atoms with Crippen LogP contribution in [0.1, 0.15) is 55.1 Å². The highest BCUT2D eigenvalue weighted by Crippen LogP contribution is 2.40. The third kappa shape index (κ3) is 4.81. The third-order valence-electron chi connectivity index (χ3n) is 10.6. The maximum Gasteiger partial charge on any atom is 0.318 e. The standard InChI is InChI=1S/C35H43N7O2/c1-2-26-7-3-8-27-9-4-10-31(32(26)27)39-18-12-29-30(22-39)37-34(44-24-35-13-5-16-41(35)17-6-14-35)38-33(29)40-19-25(23-43)20-42-28(21-40)11-15-36-42/h3-4,7-11,15,25,43H,2,5-6,12-14,16-24H2,1H3. The van der Waals surface area contributed by atoms with Crippen molar-refractivity contribution in [2.45, 2.75) is 70.6 Å². The van der Waals surface area contributed by atoms with Crippen molar-refractivity contribution in [3.05, 3.63) is 71.2 Å². The fourth-order valence-electron chi connectivity index (χ4n) is 8.35. The van der Waals surface area contributed by atoms with Gasteiger partial charge in [-0.1, -0.05) is 37.3 Å². The van der Waals surface area contributed by atoms with Crippen molar-refractivity contribution in [3.63, 3.8) is 0 Å². The first-order valence-corrected chi connectivity index (χ1v) is 16.5. The number of hydrogen-bond donors (Lipinski definition) is 1. The van der Waals surface area contributed by atoms with Crippen LogP contribution in [-0.2, 0) is 32.5 Å². The predicted molar refractivity (Wildman–Crippen MR) is 172 cm³/mol. The van der Waals surface area contributed by atoms with Gasteiger partial charge in [-0.15, -0.1) is 0 Å². The van der Waals surface area contributed by atoms with Crippen molar-refractivity contribution in [2.24, 2.45) is 5.92 Å². The van der Waals surface area contributed by atoms with Gasteiger partial charge in [0, 0.05) is 55.0 Å². The molecule has 230 valence electrons. The fourth-order valence-corrected chi connectivity index (χ4v) is 8.35. The lowest BCUT2D eigenvalue weighted by Crippen LogP contribution is -2.43. The van der Waals surface area contributed by atoms with E-state index < -0.39 is 0 Å². The first kappa shape index (κ1) is 27.8. The summed E-state index contributed by atoms with van der Waals surface area (Å²) >= 11 is 0. The molecule has 1 atom stereocenters. The Labute approximate surface area is 259 Å². The second-order valence-electron chi connectivity index (χ2n) is 13.2.